The Morgan fingerprint density at radius 3 is 2.50 bits per heavy atom. The maximum Gasteiger partial charge on any atom is 0.267 e. The second kappa shape index (κ2) is 9.17. The molecule has 0 unspecified atom stereocenters. The van der Waals surface area contributed by atoms with Gasteiger partial charge in [-0.15, -0.1) is 0 Å². The molecule has 3 N–H and O–H groups in total. The number of hydrogen-bond acceptors (Lipinski definition) is 4. The number of carbonyl (C=O) groups excluding carboxylic acids is 1. The Hall–Kier alpha value is -2.63. The number of hydrogen-bond donors (Lipinski definition) is 3. The summed E-state index contributed by atoms with van der Waals surface area (Å²) in [7, 11) is 0. The first-order valence-electron chi connectivity index (χ1n) is 8.99. The van der Waals surface area contributed by atoms with Gasteiger partial charge in [0.2, 0.25) is 0 Å². The van der Waals surface area contributed by atoms with E-state index in [4.69, 9.17) is 5.21 Å². The zero-order chi connectivity index (χ0) is 18.2. The van der Waals surface area contributed by atoms with Crippen LogP contribution in [0.2, 0.25) is 0 Å². The van der Waals surface area contributed by atoms with E-state index in [9.17, 15) is 4.79 Å². The van der Waals surface area contributed by atoms with Gasteiger partial charge in [0, 0.05) is 37.4 Å². The predicted molar refractivity (Wildman–Crippen MR) is 104 cm³/mol. The van der Waals surface area contributed by atoms with Gasteiger partial charge >= 0.3 is 0 Å². The first-order chi connectivity index (χ1) is 12.8. The van der Waals surface area contributed by atoms with Crippen molar-refractivity contribution in [3.63, 3.8) is 0 Å². The number of para-hydroxylation sites is 1. The molecule has 136 valence electrons. The van der Waals surface area contributed by atoms with Gasteiger partial charge in [0.1, 0.15) is 0 Å². The Labute approximate surface area is 154 Å². The molecule has 0 radical (unpaired) electrons. The largest absolute Gasteiger partial charge is 0.371 e. The van der Waals surface area contributed by atoms with Crippen molar-refractivity contribution in [2.75, 3.05) is 18.0 Å². The molecule has 1 fully saturated rings. The smallest absolute Gasteiger partial charge is 0.267 e. The molecule has 2 aromatic rings. The molecule has 1 aliphatic rings. The normalized spacial score (nSPS) is 15.3. The number of hydroxylamine groups is 1. The van der Waals surface area contributed by atoms with Crippen LogP contribution in [0.15, 0.2) is 60.7 Å². The summed E-state index contributed by atoms with van der Waals surface area (Å²) in [5, 5.41) is 12.3. The van der Waals surface area contributed by atoms with Gasteiger partial charge in [-0.25, -0.2) is 5.48 Å². The van der Waals surface area contributed by atoms with Gasteiger partial charge in [0.25, 0.3) is 5.91 Å². The summed E-state index contributed by atoms with van der Waals surface area (Å²) < 4.78 is 0. The van der Waals surface area contributed by atoms with Gasteiger partial charge in [-0.1, -0.05) is 48.5 Å². The fraction of sp³-hybridized carbons (Fsp3) is 0.286. The van der Waals surface area contributed by atoms with E-state index < -0.39 is 5.91 Å². The van der Waals surface area contributed by atoms with E-state index in [0.29, 0.717) is 6.04 Å². The van der Waals surface area contributed by atoms with E-state index in [1.165, 1.54) is 11.6 Å². The predicted octanol–water partition coefficient (Wildman–Crippen LogP) is 2.96. The highest BCUT2D eigenvalue weighted by molar-refractivity contribution is 5.91. The Balaban J connectivity index is 1.56. The van der Waals surface area contributed by atoms with Crippen molar-refractivity contribution in [2.24, 2.45) is 0 Å². The first-order valence-corrected chi connectivity index (χ1v) is 8.99. The third-order valence-electron chi connectivity index (χ3n) is 4.73. The lowest BCUT2D eigenvalue weighted by atomic mass is 10.0. The number of anilines is 1. The van der Waals surface area contributed by atoms with E-state index in [1.807, 2.05) is 24.3 Å². The minimum absolute atomic E-state index is 0.523. The summed E-state index contributed by atoms with van der Waals surface area (Å²) in [6.45, 7) is 2.86. The molecule has 1 saturated heterocycles. The van der Waals surface area contributed by atoms with Crippen LogP contribution in [0.5, 0.6) is 0 Å². The summed E-state index contributed by atoms with van der Waals surface area (Å²) in [4.78, 5) is 13.6. The van der Waals surface area contributed by atoms with Gasteiger partial charge in [-0.05, 0) is 36.1 Å². The lowest BCUT2D eigenvalue weighted by Gasteiger charge is -2.35. The van der Waals surface area contributed by atoms with E-state index in [0.717, 1.165) is 43.7 Å². The Kier molecular flexibility index (Phi) is 6.41. The van der Waals surface area contributed by atoms with E-state index >= 15 is 0 Å². The molecule has 0 atom stereocenters. The molecule has 5 heteroatoms. The number of nitrogens with one attached hydrogen (secondary N) is 2. The van der Waals surface area contributed by atoms with Crippen molar-refractivity contribution in [2.45, 2.75) is 25.4 Å². The van der Waals surface area contributed by atoms with Gasteiger partial charge < -0.3 is 10.2 Å². The molecule has 0 aromatic heterocycles. The SMILES string of the molecule is O=C(/C=C/c1ccccc1N1CCC(NCc2ccccc2)CC1)NO. The minimum atomic E-state index is -0.524. The summed E-state index contributed by atoms with van der Waals surface area (Å²) in [6, 6.07) is 19.0. The van der Waals surface area contributed by atoms with Gasteiger partial charge in [-0.3, -0.25) is 10.0 Å². The van der Waals surface area contributed by atoms with Gasteiger partial charge in [-0.2, -0.15) is 0 Å². The Morgan fingerprint density at radius 1 is 1.08 bits per heavy atom. The molecule has 5 nitrogen and oxygen atoms in total. The molecule has 3 rings (SSSR count). The molecule has 1 heterocycles. The summed E-state index contributed by atoms with van der Waals surface area (Å²) >= 11 is 0. The molecular weight excluding hydrogens is 326 g/mol. The highest BCUT2D eigenvalue weighted by Gasteiger charge is 2.20. The number of amides is 1. The zero-order valence-corrected chi connectivity index (χ0v) is 14.8. The van der Waals surface area contributed by atoms with E-state index in [2.05, 4.69) is 40.5 Å². The van der Waals surface area contributed by atoms with Crippen LogP contribution in [0.3, 0.4) is 0 Å². The van der Waals surface area contributed by atoms with Crippen molar-refractivity contribution in [3.8, 4) is 0 Å². The number of carbonyl (C=O) groups is 1. The van der Waals surface area contributed by atoms with Crippen LogP contribution in [0.1, 0.15) is 24.0 Å². The minimum Gasteiger partial charge on any atom is -0.371 e. The maximum atomic E-state index is 11.2. The monoisotopic (exact) mass is 351 g/mol. The summed E-state index contributed by atoms with van der Waals surface area (Å²) in [5.41, 5.74) is 5.03. The topological polar surface area (TPSA) is 64.6 Å². The maximum absolute atomic E-state index is 11.2. The van der Waals surface area contributed by atoms with Gasteiger partial charge in [0.05, 0.1) is 0 Å². The fourth-order valence-corrected chi connectivity index (χ4v) is 3.30. The van der Waals surface area contributed by atoms with Crippen molar-refractivity contribution in [1.82, 2.24) is 10.8 Å². The third-order valence-corrected chi connectivity index (χ3v) is 4.73. The van der Waals surface area contributed by atoms with Crippen LogP contribution in [-0.4, -0.2) is 30.2 Å². The highest BCUT2D eigenvalue weighted by atomic mass is 16.5. The average molecular weight is 351 g/mol. The first kappa shape index (κ1) is 18.2. The van der Waals surface area contributed by atoms with Crippen molar-refractivity contribution in [3.05, 3.63) is 71.8 Å². The Bertz CT molecular complexity index is 738. The number of piperidine rings is 1. The fourth-order valence-electron chi connectivity index (χ4n) is 3.30. The van der Waals surface area contributed by atoms with Crippen molar-refractivity contribution in [1.29, 1.82) is 0 Å². The molecule has 0 bridgehead atoms. The van der Waals surface area contributed by atoms with Crippen molar-refractivity contribution < 1.29 is 10.0 Å². The lowest BCUT2D eigenvalue weighted by Crippen LogP contribution is -2.42. The zero-order valence-electron chi connectivity index (χ0n) is 14.8. The van der Waals surface area contributed by atoms with E-state index in [1.54, 1.807) is 11.6 Å². The van der Waals surface area contributed by atoms with Crippen LogP contribution in [0, 0.1) is 0 Å². The second-order valence-electron chi connectivity index (χ2n) is 6.50. The number of nitrogens with zero attached hydrogens (tertiary/aromatic N) is 1. The quantitative estimate of drug-likeness (QED) is 0.425. The number of rotatable bonds is 6. The van der Waals surface area contributed by atoms with Crippen LogP contribution in [0.4, 0.5) is 5.69 Å². The summed E-state index contributed by atoms with van der Waals surface area (Å²) in [5.74, 6) is -0.524. The Morgan fingerprint density at radius 2 is 1.77 bits per heavy atom. The van der Waals surface area contributed by atoms with Gasteiger partial charge in [0.15, 0.2) is 0 Å². The standard InChI is InChI=1S/C21H25N3O2/c25-21(23-26)11-10-18-8-4-5-9-20(18)24-14-12-19(13-15-24)22-16-17-6-2-1-3-7-17/h1-11,19,22,26H,12-16H2,(H,23,25)/b11-10+. The molecule has 26 heavy (non-hydrogen) atoms. The molecule has 0 saturated carbocycles. The highest BCUT2D eigenvalue weighted by Crippen LogP contribution is 2.25. The van der Waals surface area contributed by atoms with Crippen LogP contribution in [-0.2, 0) is 11.3 Å². The van der Waals surface area contributed by atoms with Crippen LogP contribution >= 0.6 is 0 Å². The second-order valence-corrected chi connectivity index (χ2v) is 6.50. The molecule has 2 aromatic carbocycles. The molecule has 0 spiro atoms. The lowest BCUT2D eigenvalue weighted by molar-refractivity contribution is -0.124. The van der Waals surface area contributed by atoms with Crippen LogP contribution in [0.25, 0.3) is 6.08 Å². The molecular formula is C21H25N3O2. The molecule has 1 aliphatic heterocycles. The molecule has 0 aliphatic carbocycles. The summed E-state index contributed by atoms with van der Waals surface area (Å²) in [6.07, 6.45) is 5.25. The average Bonchev–Trinajstić information content (AvgIpc) is 2.72. The molecule has 1 amide bonds. The van der Waals surface area contributed by atoms with E-state index in [-0.39, 0.29) is 0 Å². The third kappa shape index (κ3) is 4.94. The van der Waals surface area contributed by atoms with Crippen molar-refractivity contribution >= 4 is 17.7 Å². The van der Waals surface area contributed by atoms with Crippen LogP contribution < -0.4 is 15.7 Å². The number of benzene rings is 2.